The number of aromatic nitrogens is 2. The minimum atomic E-state index is 0.0352. The van der Waals surface area contributed by atoms with E-state index in [4.69, 9.17) is 11.6 Å². The van der Waals surface area contributed by atoms with Crippen LogP contribution in [-0.2, 0) is 4.79 Å². The van der Waals surface area contributed by atoms with Gasteiger partial charge in [0.05, 0.1) is 12.1 Å². The number of halogens is 1. The van der Waals surface area contributed by atoms with Gasteiger partial charge in [-0.15, -0.1) is 0 Å². The second-order valence-electron chi connectivity index (χ2n) is 4.18. The largest absolute Gasteiger partial charge is 0.365 e. The number of carbonyl (C=O) groups excluding carboxylic acids is 1. The van der Waals surface area contributed by atoms with Gasteiger partial charge in [0.1, 0.15) is 5.69 Å². The Kier molecular flexibility index (Phi) is 2.21. The molecule has 1 aliphatic heterocycles. The summed E-state index contributed by atoms with van der Waals surface area (Å²) in [6, 6.07) is 0.173. The lowest BCUT2D eigenvalue weighted by Gasteiger charge is -2.15. The number of rotatable bonds is 0. The normalized spacial score (nSPS) is 27.4. The van der Waals surface area contributed by atoms with E-state index >= 15 is 0 Å². The molecule has 0 aromatic carbocycles. The Bertz CT molecular complexity index is 450. The van der Waals surface area contributed by atoms with Gasteiger partial charge in [0.25, 0.3) is 0 Å². The summed E-state index contributed by atoms with van der Waals surface area (Å²) in [6.07, 6.45) is 4.54. The highest BCUT2D eigenvalue weighted by atomic mass is 35.5. The minimum Gasteiger partial charge on any atom is -0.365 e. The molecule has 1 aromatic rings. The molecule has 16 heavy (non-hydrogen) atoms. The van der Waals surface area contributed by atoms with E-state index in [2.05, 4.69) is 20.6 Å². The molecule has 2 N–H and O–H groups in total. The number of hydrogen-bond donors (Lipinski definition) is 2. The Morgan fingerprint density at radius 2 is 2.31 bits per heavy atom. The predicted molar refractivity (Wildman–Crippen MR) is 60.4 cm³/mol. The molecule has 1 saturated carbocycles. The van der Waals surface area contributed by atoms with E-state index in [0.717, 1.165) is 19.3 Å². The van der Waals surface area contributed by atoms with Crippen LogP contribution in [0.4, 0.5) is 11.5 Å². The van der Waals surface area contributed by atoms with Crippen molar-refractivity contribution >= 4 is 29.0 Å². The SMILES string of the molecule is O=C1Nc2cnc(Cl)nc2NC2CCCC12. The van der Waals surface area contributed by atoms with E-state index in [1.165, 1.54) is 6.20 Å². The van der Waals surface area contributed by atoms with Crippen molar-refractivity contribution in [1.82, 2.24) is 9.97 Å². The number of fused-ring (bicyclic) bond motifs is 2. The lowest BCUT2D eigenvalue weighted by Crippen LogP contribution is -2.30. The van der Waals surface area contributed by atoms with Gasteiger partial charge in [0.2, 0.25) is 11.2 Å². The van der Waals surface area contributed by atoms with Crippen molar-refractivity contribution in [3.63, 3.8) is 0 Å². The zero-order chi connectivity index (χ0) is 11.1. The summed E-state index contributed by atoms with van der Waals surface area (Å²) in [6.45, 7) is 0. The van der Waals surface area contributed by atoms with E-state index in [0.29, 0.717) is 11.5 Å². The maximum atomic E-state index is 11.9. The van der Waals surface area contributed by atoms with Gasteiger partial charge in [0, 0.05) is 6.04 Å². The third-order valence-electron chi connectivity index (χ3n) is 3.19. The van der Waals surface area contributed by atoms with Crippen LogP contribution in [-0.4, -0.2) is 21.9 Å². The molecule has 1 fully saturated rings. The highest BCUT2D eigenvalue weighted by Crippen LogP contribution is 2.34. The van der Waals surface area contributed by atoms with Gasteiger partial charge in [-0.3, -0.25) is 4.79 Å². The molecule has 0 radical (unpaired) electrons. The van der Waals surface area contributed by atoms with Crippen LogP contribution in [0.3, 0.4) is 0 Å². The fourth-order valence-electron chi connectivity index (χ4n) is 2.41. The first-order valence-corrected chi connectivity index (χ1v) is 5.72. The van der Waals surface area contributed by atoms with Gasteiger partial charge in [-0.2, -0.15) is 4.98 Å². The first-order valence-electron chi connectivity index (χ1n) is 5.34. The third-order valence-corrected chi connectivity index (χ3v) is 3.37. The Morgan fingerprint density at radius 1 is 1.44 bits per heavy atom. The highest BCUT2D eigenvalue weighted by molar-refractivity contribution is 6.28. The lowest BCUT2D eigenvalue weighted by molar-refractivity contribution is -0.119. The smallest absolute Gasteiger partial charge is 0.229 e. The first-order chi connectivity index (χ1) is 7.74. The number of nitrogens with one attached hydrogen (secondary N) is 2. The molecule has 84 valence electrons. The topological polar surface area (TPSA) is 66.9 Å². The number of carbonyl (C=O) groups is 1. The van der Waals surface area contributed by atoms with Crippen LogP contribution < -0.4 is 10.6 Å². The van der Waals surface area contributed by atoms with Crippen LogP contribution in [0.25, 0.3) is 0 Å². The Morgan fingerprint density at radius 3 is 3.19 bits per heavy atom. The van der Waals surface area contributed by atoms with Crippen LogP contribution in [0.2, 0.25) is 5.28 Å². The molecular formula is C10H11ClN4O. The zero-order valence-electron chi connectivity index (χ0n) is 8.53. The highest BCUT2D eigenvalue weighted by Gasteiger charge is 2.36. The Labute approximate surface area is 97.6 Å². The lowest BCUT2D eigenvalue weighted by atomic mass is 10.0. The fourth-order valence-corrected chi connectivity index (χ4v) is 2.54. The molecule has 1 aliphatic carbocycles. The van der Waals surface area contributed by atoms with Crippen LogP contribution in [0.15, 0.2) is 6.20 Å². The summed E-state index contributed by atoms with van der Waals surface area (Å²) in [5, 5.41) is 6.30. The average Bonchev–Trinajstić information content (AvgIpc) is 2.65. The molecule has 0 spiro atoms. The maximum absolute atomic E-state index is 11.9. The number of hydrogen-bond acceptors (Lipinski definition) is 4. The molecule has 2 aliphatic rings. The molecule has 0 saturated heterocycles. The van der Waals surface area contributed by atoms with Gasteiger partial charge in [0.15, 0.2) is 5.82 Å². The third kappa shape index (κ3) is 1.51. The van der Waals surface area contributed by atoms with E-state index in [1.54, 1.807) is 0 Å². The molecule has 1 amide bonds. The molecule has 1 aromatic heterocycles. The molecule has 6 heteroatoms. The fraction of sp³-hybridized carbons (Fsp3) is 0.500. The van der Waals surface area contributed by atoms with E-state index in [9.17, 15) is 4.79 Å². The monoisotopic (exact) mass is 238 g/mol. The van der Waals surface area contributed by atoms with Crippen molar-refractivity contribution in [3.05, 3.63) is 11.5 Å². The molecule has 2 unspecified atom stereocenters. The quantitative estimate of drug-likeness (QED) is 0.675. The summed E-state index contributed by atoms with van der Waals surface area (Å²) in [7, 11) is 0. The van der Waals surface area contributed by atoms with Crippen LogP contribution in [0, 0.1) is 5.92 Å². The predicted octanol–water partition coefficient (Wildman–Crippen LogP) is 1.66. The van der Waals surface area contributed by atoms with Crippen molar-refractivity contribution in [2.45, 2.75) is 25.3 Å². The Hall–Kier alpha value is -1.36. The van der Waals surface area contributed by atoms with E-state index in [1.807, 2.05) is 0 Å². The zero-order valence-corrected chi connectivity index (χ0v) is 9.29. The van der Waals surface area contributed by atoms with E-state index in [-0.39, 0.29) is 23.2 Å². The maximum Gasteiger partial charge on any atom is 0.229 e. The van der Waals surface area contributed by atoms with Crippen molar-refractivity contribution in [3.8, 4) is 0 Å². The number of amides is 1. The summed E-state index contributed by atoms with van der Waals surface area (Å²) >= 11 is 5.73. The van der Waals surface area contributed by atoms with Gasteiger partial charge in [-0.1, -0.05) is 6.42 Å². The van der Waals surface area contributed by atoms with Crippen LogP contribution in [0.5, 0.6) is 0 Å². The minimum absolute atomic E-state index is 0.0352. The summed E-state index contributed by atoms with van der Waals surface area (Å²) < 4.78 is 0. The van der Waals surface area contributed by atoms with Crippen molar-refractivity contribution < 1.29 is 4.79 Å². The van der Waals surface area contributed by atoms with Crippen LogP contribution >= 0.6 is 11.6 Å². The molecular weight excluding hydrogens is 228 g/mol. The van der Waals surface area contributed by atoms with Gasteiger partial charge in [-0.05, 0) is 24.4 Å². The average molecular weight is 239 g/mol. The molecule has 2 atom stereocenters. The van der Waals surface area contributed by atoms with Gasteiger partial charge in [-0.25, -0.2) is 4.98 Å². The summed E-state index contributed by atoms with van der Waals surface area (Å²) in [5.41, 5.74) is 0.615. The molecule has 3 rings (SSSR count). The molecule has 0 bridgehead atoms. The van der Waals surface area contributed by atoms with E-state index < -0.39 is 0 Å². The van der Waals surface area contributed by atoms with Crippen molar-refractivity contribution in [2.24, 2.45) is 5.92 Å². The summed E-state index contributed by atoms with van der Waals surface area (Å²) in [5.74, 6) is 0.718. The number of nitrogens with zero attached hydrogens (tertiary/aromatic N) is 2. The second-order valence-corrected chi connectivity index (χ2v) is 4.52. The van der Waals surface area contributed by atoms with Gasteiger partial charge >= 0.3 is 0 Å². The van der Waals surface area contributed by atoms with Crippen LogP contribution in [0.1, 0.15) is 19.3 Å². The molecule has 2 heterocycles. The summed E-state index contributed by atoms with van der Waals surface area (Å²) in [4.78, 5) is 19.9. The standard InChI is InChI=1S/C10H11ClN4O/c11-10-12-4-7-8(15-10)13-6-3-1-2-5(6)9(16)14-7/h4-6H,1-3H2,(H,14,16)(H,12,13,15). The first kappa shape index (κ1) is 9.84. The number of anilines is 2. The molecule has 5 nitrogen and oxygen atoms in total. The van der Waals surface area contributed by atoms with Gasteiger partial charge < -0.3 is 10.6 Å². The van der Waals surface area contributed by atoms with Crippen molar-refractivity contribution in [2.75, 3.05) is 10.6 Å². The second kappa shape index (κ2) is 3.59. The Balaban J connectivity index is 2.01. The van der Waals surface area contributed by atoms with Crippen molar-refractivity contribution in [1.29, 1.82) is 0 Å².